The molecule has 0 saturated carbocycles. The van der Waals surface area contributed by atoms with E-state index in [-0.39, 0.29) is 27.6 Å². The third-order valence-electron chi connectivity index (χ3n) is 5.35. The molecule has 1 rings (SSSR count). The Kier molecular flexibility index (Phi) is 12.8. The maximum Gasteiger partial charge on any atom is 0.269 e. The van der Waals surface area contributed by atoms with Crippen LogP contribution >= 0.6 is 0 Å². The zero-order chi connectivity index (χ0) is 17.8. The van der Waals surface area contributed by atoms with E-state index in [1.54, 1.807) is 12.1 Å². The molecule has 0 N–H and O–H groups in total. The van der Waals surface area contributed by atoms with Crippen molar-refractivity contribution in [3.63, 3.8) is 0 Å². The molecule has 0 atom stereocenters. The molecular weight excluding hydrogens is 380 g/mol. The van der Waals surface area contributed by atoms with E-state index in [1.165, 1.54) is 63.7 Å². The van der Waals surface area contributed by atoms with E-state index in [4.69, 9.17) is 0 Å². The second kappa shape index (κ2) is 13.3. The van der Waals surface area contributed by atoms with Crippen LogP contribution in [0.4, 0.5) is 5.69 Å². The van der Waals surface area contributed by atoms with E-state index < -0.39 is 0 Å². The summed E-state index contributed by atoms with van der Waals surface area (Å²) in [6.45, 7) is 11.5. The van der Waals surface area contributed by atoms with Crippen molar-refractivity contribution in [2.24, 2.45) is 0 Å². The number of rotatable bonds is 13. The molecule has 0 saturated heterocycles. The highest BCUT2D eigenvalue weighted by Gasteiger charge is 2.22. The first-order valence-corrected chi connectivity index (χ1v) is 9.65. The molecule has 0 bridgehead atoms. The van der Waals surface area contributed by atoms with E-state index in [2.05, 4.69) is 20.8 Å². The molecule has 5 heteroatoms. The maximum absolute atomic E-state index is 10.7. The fraction of sp³-hybridized carbons (Fsp3) is 0.700. The third kappa shape index (κ3) is 8.82. The summed E-state index contributed by atoms with van der Waals surface area (Å²) in [4.78, 5) is 10.4. The van der Waals surface area contributed by atoms with Crippen LogP contribution in [0.3, 0.4) is 0 Å². The van der Waals surface area contributed by atoms with E-state index in [0.717, 1.165) is 17.4 Å². The number of non-ortho nitro benzene ring substituents is 1. The maximum atomic E-state index is 10.7. The Morgan fingerprint density at radius 2 is 1.44 bits per heavy atom. The van der Waals surface area contributed by atoms with Gasteiger partial charge in [0, 0.05) is 18.6 Å². The summed E-state index contributed by atoms with van der Waals surface area (Å²) in [5.74, 6) is 0. The van der Waals surface area contributed by atoms with Gasteiger partial charge in [-0.3, -0.25) is 10.1 Å². The molecular formula is C20H35BrN2O2. The highest BCUT2D eigenvalue weighted by Crippen LogP contribution is 2.16. The van der Waals surface area contributed by atoms with Gasteiger partial charge in [0.25, 0.3) is 5.69 Å². The van der Waals surface area contributed by atoms with Crippen LogP contribution < -0.4 is 17.0 Å². The summed E-state index contributed by atoms with van der Waals surface area (Å²) in [5.41, 5.74) is 1.38. The Bertz CT molecular complexity index is 473. The predicted molar refractivity (Wildman–Crippen MR) is 101 cm³/mol. The van der Waals surface area contributed by atoms with Gasteiger partial charge >= 0.3 is 0 Å². The van der Waals surface area contributed by atoms with E-state index >= 15 is 0 Å². The molecule has 0 aliphatic heterocycles. The Balaban J connectivity index is 0.00000576. The van der Waals surface area contributed by atoms with Crippen LogP contribution in [0.2, 0.25) is 0 Å². The predicted octanol–water partition coefficient (Wildman–Crippen LogP) is 2.36. The lowest BCUT2D eigenvalue weighted by molar-refractivity contribution is -0.925. The molecule has 0 unspecified atom stereocenters. The molecule has 4 nitrogen and oxygen atoms in total. The Hall–Kier alpha value is -0.940. The molecule has 0 aliphatic rings. The molecule has 0 aliphatic carbocycles. The van der Waals surface area contributed by atoms with Gasteiger partial charge in [-0.25, -0.2) is 0 Å². The van der Waals surface area contributed by atoms with Crippen molar-refractivity contribution >= 4 is 5.69 Å². The topological polar surface area (TPSA) is 43.1 Å². The van der Waals surface area contributed by atoms with Gasteiger partial charge in [0.1, 0.15) is 0 Å². The second-order valence-corrected chi connectivity index (χ2v) is 6.86. The second-order valence-electron chi connectivity index (χ2n) is 6.86. The molecule has 0 radical (unpaired) electrons. The van der Waals surface area contributed by atoms with Gasteiger partial charge in [0.15, 0.2) is 0 Å². The smallest absolute Gasteiger partial charge is 0.269 e. The number of nitro benzene ring substituents is 1. The van der Waals surface area contributed by atoms with Crippen LogP contribution in [0.15, 0.2) is 24.3 Å². The number of likely N-dealkylation sites (N-methyl/N-ethyl adjacent to an activating group) is 1. The minimum absolute atomic E-state index is 0. The van der Waals surface area contributed by atoms with Gasteiger partial charge in [-0.05, 0) is 32.3 Å². The Labute approximate surface area is 164 Å². The summed E-state index contributed by atoms with van der Waals surface area (Å²) < 4.78 is 1.16. The first-order chi connectivity index (χ1) is 11.6. The summed E-state index contributed by atoms with van der Waals surface area (Å²) >= 11 is 0. The van der Waals surface area contributed by atoms with Gasteiger partial charge in [-0.15, -0.1) is 0 Å². The van der Waals surface area contributed by atoms with Crippen molar-refractivity contribution in [2.45, 2.75) is 65.7 Å². The fourth-order valence-electron chi connectivity index (χ4n) is 3.35. The van der Waals surface area contributed by atoms with Gasteiger partial charge in [-0.1, -0.05) is 44.7 Å². The van der Waals surface area contributed by atoms with Crippen molar-refractivity contribution in [1.82, 2.24) is 0 Å². The van der Waals surface area contributed by atoms with Crippen molar-refractivity contribution in [3.8, 4) is 0 Å². The number of halogens is 1. The minimum atomic E-state index is -0.333. The first kappa shape index (κ1) is 24.1. The van der Waals surface area contributed by atoms with Gasteiger partial charge in [0.2, 0.25) is 0 Å². The zero-order valence-corrected chi connectivity index (χ0v) is 17.8. The van der Waals surface area contributed by atoms with Crippen LogP contribution in [0.25, 0.3) is 0 Å². The lowest BCUT2D eigenvalue weighted by Crippen LogP contribution is -3.00. The van der Waals surface area contributed by atoms with Crippen molar-refractivity contribution in [1.29, 1.82) is 0 Å². The fourth-order valence-corrected chi connectivity index (χ4v) is 3.35. The Morgan fingerprint density at radius 1 is 0.880 bits per heavy atom. The quantitative estimate of drug-likeness (QED) is 0.215. The highest BCUT2D eigenvalue weighted by atomic mass is 79.9. The Morgan fingerprint density at radius 3 is 1.96 bits per heavy atom. The van der Waals surface area contributed by atoms with Crippen LogP contribution in [0, 0.1) is 10.1 Å². The third-order valence-corrected chi connectivity index (χ3v) is 5.35. The number of benzene rings is 1. The van der Waals surface area contributed by atoms with E-state index in [9.17, 15) is 10.1 Å². The lowest BCUT2D eigenvalue weighted by atomic mass is 10.1. The van der Waals surface area contributed by atoms with Crippen LogP contribution in [0.5, 0.6) is 0 Å². The molecule has 0 amide bonds. The molecule has 25 heavy (non-hydrogen) atoms. The molecule has 144 valence electrons. The molecule has 1 aromatic carbocycles. The molecule has 0 spiro atoms. The standard InChI is InChI=1S/C20H35N2O2.BrH/c1-4-7-8-9-10-11-17-22(5-2,6-3)18-16-19-12-14-20(15-13-19)21(23)24;/h12-15H,4-11,16-18H2,1-3H3;1H/q+1;/p-1. The van der Waals surface area contributed by atoms with Crippen molar-refractivity contribution in [2.75, 3.05) is 26.2 Å². The van der Waals surface area contributed by atoms with Crippen molar-refractivity contribution in [3.05, 3.63) is 39.9 Å². The minimum Gasteiger partial charge on any atom is -1.00 e. The zero-order valence-electron chi connectivity index (χ0n) is 16.2. The van der Waals surface area contributed by atoms with Gasteiger partial charge < -0.3 is 21.5 Å². The number of nitrogens with zero attached hydrogens (tertiary/aromatic N) is 2. The number of quaternary nitrogens is 1. The lowest BCUT2D eigenvalue weighted by Gasteiger charge is -2.37. The summed E-state index contributed by atoms with van der Waals surface area (Å²) in [5, 5.41) is 10.7. The number of unbranched alkanes of at least 4 members (excludes halogenated alkanes) is 5. The monoisotopic (exact) mass is 414 g/mol. The number of nitro groups is 1. The van der Waals surface area contributed by atoms with Crippen LogP contribution in [-0.2, 0) is 6.42 Å². The number of hydrogen-bond donors (Lipinski definition) is 0. The first-order valence-electron chi connectivity index (χ1n) is 9.65. The van der Waals surface area contributed by atoms with Crippen LogP contribution in [-0.4, -0.2) is 35.6 Å². The van der Waals surface area contributed by atoms with Crippen molar-refractivity contribution < 1.29 is 26.4 Å². The molecule has 0 heterocycles. The highest BCUT2D eigenvalue weighted by molar-refractivity contribution is 5.32. The average Bonchev–Trinajstić information content (AvgIpc) is 2.61. The van der Waals surface area contributed by atoms with E-state index in [0.29, 0.717) is 0 Å². The normalized spacial score (nSPS) is 11.2. The SMILES string of the molecule is CCCCCCCC[N+](CC)(CC)CCc1ccc([N+](=O)[O-])cc1.[Br-]. The van der Waals surface area contributed by atoms with E-state index in [1.807, 2.05) is 12.1 Å². The molecule has 1 aromatic rings. The van der Waals surface area contributed by atoms with Gasteiger partial charge in [-0.2, -0.15) is 0 Å². The number of hydrogen-bond acceptors (Lipinski definition) is 2. The average molecular weight is 415 g/mol. The molecule has 0 fully saturated rings. The summed E-state index contributed by atoms with van der Waals surface area (Å²) in [6.07, 6.45) is 9.06. The van der Waals surface area contributed by atoms with Crippen LogP contribution in [0.1, 0.15) is 64.9 Å². The largest absolute Gasteiger partial charge is 1.00 e. The molecule has 0 aromatic heterocycles. The summed E-state index contributed by atoms with van der Waals surface area (Å²) in [6, 6.07) is 7.05. The van der Waals surface area contributed by atoms with Gasteiger partial charge in [0.05, 0.1) is 31.1 Å². The summed E-state index contributed by atoms with van der Waals surface area (Å²) in [7, 11) is 0.